The molecule has 10 heavy (non-hydrogen) atoms. The summed E-state index contributed by atoms with van der Waals surface area (Å²) in [5.41, 5.74) is 0. The maximum Gasteiger partial charge on any atom is 0.0273 e. The number of rotatable bonds is 2. The van der Waals surface area contributed by atoms with Crippen LogP contribution in [0.25, 0.3) is 0 Å². The summed E-state index contributed by atoms with van der Waals surface area (Å²) in [6.45, 7) is 7.20. The number of halogens is 1. The van der Waals surface area contributed by atoms with Crippen molar-refractivity contribution in [2.24, 2.45) is 0 Å². The van der Waals surface area contributed by atoms with Gasteiger partial charge in [0.1, 0.15) is 0 Å². The molecule has 0 N–H and O–H groups in total. The number of hydrogen-bond donors (Lipinski definition) is 0. The number of likely N-dealkylation sites (tertiary alicyclic amines) is 1. The van der Waals surface area contributed by atoms with Gasteiger partial charge in [-0.2, -0.15) is 0 Å². The molecular formula is C8H14BrN. The van der Waals surface area contributed by atoms with Crippen LogP contribution in [0.2, 0.25) is 0 Å². The van der Waals surface area contributed by atoms with Crippen LogP contribution in [0.4, 0.5) is 0 Å². The van der Waals surface area contributed by atoms with Crippen molar-refractivity contribution >= 4 is 15.9 Å². The molecule has 0 spiro atoms. The fourth-order valence-corrected chi connectivity index (χ4v) is 2.08. The largest absolute Gasteiger partial charge is 0.299 e. The predicted octanol–water partition coefficient (Wildman–Crippen LogP) is 2.03. The van der Waals surface area contributed by atoms with Crippen LogP contribution in [-0.2, 0) is 0 Å². The second-order valence-corrected chi connectivity index (χ2v) is 4.08. The Labute approximate surface area is 71.2 Å². The van der Waals surface area contributed by atoms with Crippen molar-refractivity contribution in [3.63, 3.8) is 0 Å². The predicted molar refractivity (Wildman–Crippen MR) is 48.6 cm³/mol. The first-order chi connectivity index (χ1) is 4.83. The maximum absolute atomic E-state index is 3.72. The minimum Gasteiger partial charge on any atom is -0.299 e. The monoisotopic (exact) mass is 203 g/mol. The van der Waals surface area contributed by atoms with Gasteiger partial charge in [0.05, 0.1) is 0 Å². The van der Waals surface area contributed by atoms with Crippen molar-refractivity contribution in [1.82, 2.24) is 4.90 Å². The Morgan fingerprint density at radius 2 is 2.50 bits per heavy atom. The highest BCUT2D eigenvalue weighted by Crippen LogP contribution is 2.15. The summed E-state index contributed by atoms with van der Waals surface area (Å²) >= 11 is 3.62. The van der Waals surface area contributed by atoms with Gasteiger partial charge in [-0.15, -0.1) is 6.58 Å². The number of alkyl halides is 1. The van der Waals surface area contributed by atoms with Crippen LogP contribution < -0.4 is 0 Å². The molecule has 2 heteroatoms. The fourth-order valence-electron chi connectivity index (χ4n) is 1.35. The Morgan fingerprint density at radius 1 is 1.70 bits per heavy atom. The molecule has 1 unspecified atom stereocenters. The van der Waals surface area contributed by atoms with Crippen molar-refractivity contribution in [2.75, 3.05) is 19.6 Å². The number of nitrogens with zero attached hydrogens (tertiary/aromatic N) is 1. The molecule has 1 saturated heterocycles. The quantitative estimate of drug-likeness (QED) is 0.491. The summed E-state index contributed by atoms with van der Waals surface area (Å²) in [7, 11) is 0. The average Bonchev–Trinajstić information content (AvgIpc) is 1.88. The van der Waals surface area contributed by atoms with Gasteiger partial charge in [-0.05, 0) is 19.4 Å². The summed E-state index contributed by atoms with van der Waals surface area (Å²) < 4.78 is 0. The Hall–Kier alpha value is 0.180. The van der Waals surface area contributed by atoms with Gasteiger partial charge in [0.2, 0.25) is 0 Å². The van der Waals surface area contributed by atoms with Crippen molar-refractivity contribution in [2.45, 2.75) is 17.7 Å². The van der Waals surface area contributed by atoms with Crippen molar-refractivity contribution < 1.29 is 0 Å². The zero-order chi connectivity index (χ0) is 7.40. The molecule has 1 heterocycles. The first-order valence-electron chi connectivity index (χ1n) is 3.80. The molecule has 0 bridgehead atoms. The van der Waals surface area contributed by atoms with E-state index in [1.165, 1.54) is 25.9 Å². The van der Waals surface area contributed by atoms with E-state index in [4.69, 9.17) is 0 Å². The molecule has 58 valence electrons. The Kier molecular flexibility index (Phi) is 3.43. The Balaban J connectivity index is 2.24. The zero-order valence-electron chi connectivity index (χ0n) is 6.22. The molecule has 1 rings (SSSR count). The van der Waals surface area contributed by atoms with Crippen molar-refractivity contribution in [1.29, 1.82) is 0 Å². The molecule has 1 aliphatic heterocycles. The molecule has 0 radical (unpaired) electrons. The van der Waals surface area contributed by atoms with Gasteiger partial charge < -0.3 is 0 Å². The number of piperidine rings is 1. The lowest BCUT2D eigenvalue weighted by atomic mass is 10.1. The molecule has 1 fully saturated rings. The first-order valence-corrected chi connectivity index (χ1v) is 4.72. The van der Waals surface area contributed by atoms with Gasteiger partial charge >= 0.3 is 0 Å². The van der Waals surface area contributed by atoms with Gasteiger partial charge in [0.15, 0.2) is 0 Å². The zero-order valence-corrected chi connectivity index (χ0v) is 7.81. The molecule has 1 aliphatic rings. The Bertz CT molecular complexity index is 114. The van der Waals surface area contributed by atoms with Crippen molar-refractivity contribution in [3.05, 3.63) is 12.7 Å². The van der Waals surface area contributed by atoms with Crippen LogP contribution in [0.15, 0.2) is 12.7 Å². The van der Waals surface area contributed by atoms with E-state index in [9.17, 15) is 0 Å². The molecule has 0 saturated carbocycles. The lowest BCUT2D eigenvalue weighted by Gasteiger charge is -2.28. The third kappa shape index (κ3) is 2.43. The van der Waals surface area contributed by atoms with Gasteiger partial charge in [0.25, 0.3) is 0 Å². The van der Waals surface area contributed by atoms with E-state index in [-0.39, 0.29) is 0 Å². The highest BCUT2D eigenvalue weighted by atomic mass is 79.9. The van der Waals surface area contributed by atoms with E-state index in [1.54, 1.807) is 0 Å². The summed E-state index contributed by atoms with van der Waals surface area (Å²) in [5.74, 6) is 0. The van der Waals surface area contributed by atoms with E-state index in [2.05, 4.69) is 27.4 Å². The third-order valence-electron chi connectivity index (χ3n) is 1.84. The van der Waals surface area contributed by atoms with Crippen LogP contribution in [0, 0.1) is 0 Å². The van der Waals surface area contributed by atoms with E-state index in [1.807, 2.05) is 6.08 Å². The van der Waals surface area contributed by atoms with Crippen LogP contribution in [0.5, 0.6) is 0 Å². The third-order valence-corrected chi connectivity index (χ3v) is 2.58. The smallest absolute Gasteiger partial charge is 0.0273 e. The normalized spacial score (nSPS) is 28.3. The summed E-state index contributed by atoms with van der Waals surface area (Å²) in [6, 6.07) is 0. The average molecular weight is 204 g/mol. The molecular weight excluding hydrogens is 190 g/mol. The van der Waals surface area contributed by atoms with Gasteiger partial charge in [-0.3, -0.25) is 4.90 Å². The molecule has 1 atom stereocenters. The Morgan fingerprint density at radius 3 is 3.10 bits per heavy atom. The molecule has 0 aromatic heterocycles. The molecule has 0 aliphatic carbocycles. The lowest BCUT2D eigenvalue weighted by Crippen LogP contribution is -2.35. The van der Waals surface area contributed by atoms with E-state index in [0.717, 1.165) is 6.54 Å². The molecule has 0 aromatic carbocycles. The SMILES string of the molecule is C=CCN1CCCC(Br)C1. The minimum atomic E-state index is 0.709. The van der Waals surface area contributed by atoms with Crippen LogP contribution >= 0.6 is 15.9 Å². The van der Waals surface area contributed by atoms with E-state index in [0.29, 0.717) is 4.83 Å². The first kappa shape index (κ1) is 8.28. The standard InChI is InChI=1S/C8H14BrN/c1-2-5-10-6-3-4-8(9)7-10/h2,8H,1,3-7H2. The van der Waals surface area contributed by atoms with E-state index >= 15 is 0 Å². The number of hydrogen-bond acceptors (Lipinski definition) is 1. The second kappa shape index (κ2) is 4.14. The molecule has 0 aromatic rings. The summed E-state index contributed by atoms with van der Waals surface area (Å²) in [6.07, 6.45) is 4.63. The maximum atomic E-state index is 3.72. The topological polar surface area (TPSA) is 3.24 Å². The lowest BCUT2D eigenvalue weighted by molar-refractivity contribution is 0.259. The van der Waals surface area contributed by atoms with E-state index < -0.39 is 0 Å². The van der Waals surface area contributed by atoms with Gasteiger partial charge in [0, 0.05) is 17.9 Å². The van der Waals surface area contributed by atoms with Crippen LogP contribution in [0.1, 0.15) is 12.8 Å². The minimum absolute atomic E-state index is 0.709. The second-order valence-electron chi connectivity index (χ2n) is 2.79. The fraction of sp³-hybridized carbons (Fsp3) is 0.750. The molecule has 1 nitrogen and oxygen atoms in total. The summed E-state index contributed by atoms with van der Waals surface area (Å²) in [5, 5.41) is 0. The van der Waals surface area contributed by atoms with Gasteiger partial charge in [-0.25, -0.2) is 0 Å². The van der Waals surface area contributed by atoms with Crippen LogP contribution in [-0.4, -0.2) is 29.4 Å². The molecule has 0 amide bonds. The highest BCUT2D eigenvalue weighted by Gasteiger charge is 2.15. The van der Waals surface area contributed by atoms with Gasteiger partial charge in [-0.1, -0.05) is 22.0 Å². The van der Waals surface area contributed by atoms with Crippen molar-refractivity contribution in [3.8, 4) is 0 Å². The highest BCUT2D eigenvalue weighted by molar-refractivity contribution is 9.09. The summed E-state index contributed by atoms with van der Waals surface area (Å²) in [4.78, 5) is 3.14. The van der Waals surface area contributed by atoms with Crippen LogP contribution in [0.3, 0.4) is 0 Å².